The van der Waals surface area contributed by atoms with Crippen molar-refractivity contribution in [1.29, 1.82) is 0 Å². The number of hydrogen-bond acceptors (Lipinski definition) is 2. The number of carbonyl (C=O) groups is 2. The molecule has 0 aromatic heterocycles. The van der Waals surface area contributed by atoms with Crippen LogP contribution in [0.4, 0.5) is 15.8 Å². The summed E-state index contributed by atoms with van der Waals surface area (Å²) in [5.74, 6) is -1.47. The molecule has 0 saturated carbocycles. The number of rotatable bonds is 4. The molecule has 2 rings (SSSR count). The minimum Gasteiger partial charge on any atom is -0.326 e. The van der Waals surface area contributed by atoms with Gasteiger partial charge in [-0.1, -0.05) is 23.2 Å². The van der Waals surface area contributed by atoms with Crippen molar-refractivity contribution < 1.29 is 14.0 Å². The first-order valence-corrected chi connectivity index (χ1v) is 7.62. The quantitative estimate of drug-likeness (QED) is 0.767. The van der Waals surface area contributed by atoms with Crippen LogP contribution in [0.3, 0.4) is 0 Å². The van der Waals surface area contributed by atoms with Crippen molar-refractivity contribution in [1.82, 2.24) is 0 Å². The molecular formula is C17H13Cl2FN2O2. The Balaban J connectivity index is 2.13. The van der Waals surface area contributed by atoms with E-state index in [0.717, 1.165) is 6.07 Å². The Labute approximate surface area is 148 Å². The number of nitrogens with one attached hydrogen (secondary N) is 2. The Hall–Kier alpha value is -2.37. The van der Waals surface area contributed by atoms with Gasteiger partial charge < -0.3 is 10.6 Å². The first kappa shape index (κ1) is 18.0. The highest BCUT2D eigenvalue weighted by Crippen LogP contribution is 2.22. The molecule has 0 fully saturated rings. The average Bonchev–Trinajstić information content (AvgIpc) is 2.51. The van der Waals surface area contributed by atoms with Crippen LogP contribution in [0.5, 0.6) is 0 Å². The van der Waals surface area contributed by atoms with Crippen molar-refractivity contribution in [2.45, 2.75) is 6.92 Å². The molecule has 0 heterocycles. The second-order valence-electron chi connectivity index (χ2n) is 4.86. The monoisotopic (exact) mass is 366 g/mol. The fourth-order valence-corrected chi connectivity index (χ4v) is 2.25. The first-order valence-electron chi connectivity index (χ1n) is 6.86. The average molecular weight is 367 g/mol. The van der Waals surface area contributed by atoms with E-state index >= 15 is 0 Å². The van der Waals surface area contributed by atoms with Gasteiger partial charge in [-0.3, -0.25) is 9.59 Å². The van der Waals surface area contributed by atoms with E-state index in [-0.39, 0.29) is 11.6 Å². The number of halogens is 3. The molecule has 2 aromatic carbocycles. The van der Waals surface area contributed by atoms with E-state index in [1.165, 1.54) is 31.2 Å². The molecule has 0 spiro atoms. The van der Waals surface area contributed by atoms with E-state index in [2.05, 4.69) is 10.6 Å². The van der Waals surface area contributed by atoms with Gasteiger partial charge >= 0.3 is 0 Å². The van der Waals surface area contributed by atoms with Crippen LogP contribution in [0.15, 0.2) is 42.5 Å². The summed E-state index contributed by atoms with van der Waals surface area (Å²) in [6.45, 7) is 1.33. The summed E-state index contributed by atoms with van der Waals surface area (Å²) in [4.78, 5) is 23.0. The second kappa shape index (κ2) is 7.95. The minimum atomic E-state index is -0.619. The van der Waals surface area contributed by atoms with Crippen molar-refractivity contribution >= 4 is 52.5 Å². The van der Waals surface area contributed by atoms with Crippen molar-refractivity contribution in [2.75, 3.05) is 10.6 Å². The SMILES string of the molecule is CC(=O)Nc1ccc(F)c(NC(=O)/C=C/c2cc(Cl)ccc2Cl)c1. The topological polar surface area (TPSA) is 58.2 Å². The zero-order valence-corrected chi connectivity index (χ0v) is 14.1. The van der Waals surface area contributed by atoms with Crippen molar-refractivity contribution in [2.24, 2.45) is 0 Å². The second-order valence-corrected chi connectivity index (χ2v) is 5.71. The molecule has 124 valence electrons. The molecule has 0 bridgehead atoms. The van der Waals surface area contributed by atoms with Gasteiger partial charge in [0.05, 0.1) is 5.69 Å². The lowest BCUT2D eigenvalue weighted by atomic mass is 10.2. The number of carbonyl (C=O) groups excluding carboxylic acids is 2. The van der Waals surface area contributed by atoms with Crippen LogP contribution in [0.1, 0.15) is 12.5 Å². The maximum absolute atomic E-state index is 13.8. The number of anilines is 2. The lowest BCUT2D eigenvalue weighted by Crippen LogP contribution is -2.11. The minimum absolute atomic E-state index is 0.0481. The van der Waals surface area contributed by atoms with Gasteiger partial charge in [0.1, 0.15) is 5.82 Å². The summed E-state index contributed by atoms with van der Waals surface area (Å²) < 4.78 is 13.8. The Morgan fingerprint density at radius 2 is 1.83 bits per heavy atom. The van der Waals surface area contributed by atoms with E-state index < -0.39 is 11.7 Å². The molecule has 0 unspecified atom stereocenters. The Bertz CT molecular complexity index is 822. The molecule has 0 aliphatic heterocycles. The first-order chi connectivity index (χ1) is 11.3. The molecule has 2 aromatic rings. The highest BCUT2D eigenvalue weighted by Gasteiger charge is 2.07. The summed E-state index contributed by atoms with van der Waals surface area (Å²) >= 11 is 11.9. The molecule has 2 amide bonds. The van der Waals surface area contributed by atoms with Gasteiger partial charge in [-0.25, -0.2) is 4.39 Å². The lowest BCUT2D eigenvalue weighted by Gasteiger charge is -2.07. The van der Waals surface area contributed by atoms with Crippen molar-refractivity contribution in [3.05, 3.63) is 63.9 Å². The van der Waals surface area contributed by atoms with Gasteiger partial charge in [0.25, 0.3) is 0 Å². The zero-order valence-electron chi connectivity index (χ0n) is 12.6. The normalized spacial score (nSPS) is 10.7. The maximum Gasteiger partial charge on any atom is 0.248 e. The fraction of sp³-hybridized carbons (Fsp3) is 0.0588. The van der Waals surface area contributed by atoms with Gasteiger partial charge in [-0.2, -0.15) is 0 Å². The number of amides is 2. The van der Waals surface area contributed by atoms with Gasteiger partial charge in [-0.15, -0.1) is 0 Å². The Kier molecular flexibility index (Phi) is 5.95. The van der Waals surface area contributed by atoms with Crippen LogP contribution in [-0.2, 0) is 9.59 Å². The van der Waals surface area contributed by atoms with Crippen LogP contribution < -0.4 is 10.6 Å². The van der Waals surface area contributed by atoms with Crippen LogP contribution in [0.25, 0.3) is 6.08 Å². The van der Waals surface area contributed by atoms with Crippen LogP contribution in [0.2, 0.25) is 10.0 Å². The molecule has 0 saturated heterocycles. The van der Waals surface area contributed by atoms with Crippen LogP contribution in [0, 0.1) is 5.82 Å². The van der Waals surface area contributed by atoms with E-state index in [0.29, 0.717) is 21.3 Å². The molecule has 24 heavy (non-hydrogen) atoms. The summed E-state index contributed by atoms with van der Waals surface area (Å²) in [5.41, 5.74) is 0.890. The molecule has 0 atom stereocenters. The fourth-order valence-electron chi connectivity index (χ4n) is 1.88. The van der Waals surface area contributed by atoms with Gasteiger partial charge in [-0.05, 0) is 48.0 Å². The van der Waals surface area contributed by atoms with Gasteiger partial charge in [0.15, 0.2) is 0 Å². The van der Waals surface area contributed by atoms with Gasteiger partial charge in [0, 0.05) is 28.7 Å². The summed E-state index contributed by atoms with van der Waals surface area (Å²) in [6, 6.07) is 8.72. The molecule has 7 heteroatoms. The molecule has 0 aliphatic rings. The van der Waals surface area contributed by atoms with E-state index in [9.17, 15) is 14.0 Å². The molecule has 0 radical (unpaired) electrons. The zero-order chi connectivity index (χ0) is 17.7. The van der Waals surface area contributed by atoms with Crippen LogP contribution in [-0.4, -0.2) is 11.8 Å². The summed E-state index contributed by atoms with van der Waals surface area (Å²) in [7, 11) is 0. The third kappa shape index (κ3) is 5.08. The lowest BCUT2D eigenvalue weighted by molar-refractivity contribution is -0.114. The standard InChI is InChI=1S/C17H13Cl2FN2O2/c1-10(23)21-13-4-6-15(20)16(9-13)22-17(24)7-2-11-8-12(18)3-5-14(11)19/h2-9H,1H3,(H,21,23)(H,22,24)/b7-2+. The molecule has 0 aliphatic carbocycles. The highest BCUT2D eigenvalue weighted by atomic mass is 35.5. The summed E-state index contributed by atoms with van der Waals surface area (Å²) in [6.07, 6.45) is 2.68. The molecular weight excluding hydrogens is 354 g/mol. The highest BCUT2D eigenvalue weighted by molar-refractivity contribution is 6.34. The van der Waals surface area contributed by atoms with Crippen molar-refractivity contribution in [3.8, 4) is 0 Å². The summed E-state index contributed by atoms with van der Waals surface area (Å²) in [5, 5.41) is 5.82. The van der Waals surface area contributed by atoms with E-state index in [4.69, 9.17) is 23.2 Å². The largest absolute Gasteiger partial charge is 0.326 e. The third-order valence-electron chi connectivity index (χ3n) is 2.92. The predicted molar refractivity (Wildman–Crippen MR) is 94.8 cm³/mol. The van der Waals surface area contributed by atoms with Gasteiger partial charge in [0.2, 0.25) is 11.8 Å². The number of benzene rings is 2. The van der Waals surface area contributed by atoms with Crippen molar-refractivity contribution in [3.63, 3.8) is 0 Å². The molecule has 2 N–H and O–H groups in total. The molecule has 4 nitrogen and oxygen atoms in total. The van der Waals surface area contributed by atoms with Crippen LogP contribution >= 0.6 is 23.2 Å². The predicted octanol–water partition coefficient (Wildman–Crippen LogP) is 4.74. The third-order valence-corrected chi connectivity index (χ3v) is 3.50. The van der Waals surface area contributed by atoms with E-state index in [1.54, 1.807) is 18.2 Å². The maximum atomic E-state index is 13.8. The smallest absolute Gasteiger partial charge is 0.248 e. The van der Waals surface area contributed by atoms with E-state index in [1.807, 2.05) is 0 Å². The Morgan fingerprint density at radius 1 is 1.08 bits per heavy atom. The number of hydrogen-bond donors (Lipinski definition) is 2. The Morgan fingerprint density at radius 3 is 2.54 bits per heavy atom.